The summed E-state index contributed by atoms with van der Waals surface area (Å²) in [4.78, 5) is 6.57. The summed E-state index contributed by atoms with van der Waals surface area (Å²) in [6.07, 6.45) is 0.967. The quantitative estimate of drug-likeness (QED) is 0.513. The molecule has 0 saturated carbocycles. The van der Waals surface area contributed by atoms with Gasteiger partial charge in [-0.15, -0.1) is 0 Å². The van der Waals surface area contributed by atoms with Crippen molar-refractivity contribution in [1.82, 2.24) is 10.2 Å². The molecule has 6 heteroatoms. The Labute approximate surface area is 168 Å². The number of ether oxygens (including phenoxy) is 2. The molecule has 1 atom stereocenters. The highest BCUT2D eigenvalue weighted by Gasteiger charge is 2.13. The summed E-state index contributed by atoms with van der Waals surface area (Å²) in [5, 5.41) is 6.75. The molecule has 0 spiro atoms. The van der Waals surface area contributed by atoms with E-state index in [1.54, 1.807) is 14.2 Å². The second-order valence-electron chi connectivity index (χ2n) is 6.68. The van der Waals surface area contributed by atoms with Crippen molar-refractivity contribution in [3.8, 4) is 11.5 Å². The molecule has 6 nitrogen and oxygen atoms in total. The zero-order chi connectivity index (χ0) is 20.4. The van der Waals surface area contributed by atoms with Gasteiger partial charge in [-0.1, -0.05) is 30.3 Å². The van der Waals surface area contributed by atoms with Gasteiger partial charge in [0.15, 0.2) is 17.5 Å². The first-order valence-corrected chi connectivity index (χ1v) is 9.56. The van der Waals surface area contributed by atoms with Gasteiger partial charge in [0, 0.05) is 31.4 Å². The standard InChI is InChI=1S/C22H32N4O2/c1-6-28-21-15-18(12-13-20(21)27-5)25-22(23-2)24-16-19(26(3)4)14-17-10-8-7-9-11-17/h7-13,15,19H,6,14,16H2,1-5H3,(H2,23,24,25). The molecule has 0 bridgehead atoms. The van der Waals surface area contributed by atoms with Crippen molar-refractivity contribution in [2.24, 2.45) is 4.99 Å². The minimum absolute atomic E-state index is 0.343. The molecule has 0 aliphatic rings. The molecule has 0 saturated heterocycles. The number of nitrogens with zero attached hydrogens (tertiary/aromatic N) is 2. The van der Waals surface area contributed by atoms with Crippen LogP contribution in [0.4, 0.5) is 5.69 Å². The second-order valence-corrected chi connectivity index (χ2v) is 6.68. The molecule has 152 valence electrons. The van der Waals surface area contributed by atoms with Crippen molar-refractivity contribution >= 4 is 11.6 Å². The average Bonchev–Trinajstić information content (AvgIpc) is 2.71. The number of methoxy groups -OCH3 is 1. The molecular weight excluding hydrogens is 352 g/mol. The Bertz CT molecular complexity index is 747. The van der Waals surface area contributed by atoms with E-state index in [2.05, 4.69) is 58.9 Å². The van der Waals surface area contributed by atoms with Crippen molar-refractivity contribution in [1.29, 1.82) is 0 Å². The Kier molecular flexibility index (Phi) is 8.62. The number of aliphatic imine (C=N–C) groups is 1. The number of benzene rings is 2. The van der Waals surface area contributed by atoms with Gasteiger partial charge in [-0.25, -0.2) is 0 Å². The Morgan fingerprint density at radius 2 is 1.86 bits per heavy atom. The van der Waals surface area contributed by atoms with E-state index < -0.39 is 0 Å². The van der Waals surface area contributed by atoms with Crippen molar-refractivity contribution in [3.63, 3.8) is 0 Å². The Hall–Kier alpha value is -2.73. The molecule has 2 aromatic carbocycles. The van der Waals surface area contributed by atoms with E-state index >= 15 is 0 Å². The van der Waals surface area contributed by atoms with E-state index in [1.807, 2.05) is 31.2 Å². The van der Waals surface area contributed by atoms with Gasteiger partial charge in [0.05, 0.1) is 13.7 Å². The maximum Gasteiger partial charge on any atom is 0.195 e. The maximum absolute atomic E-state index is 5.65. The number of likely N-dealkylation sites (N-methyl/N-ethyl adjacent to an activating group) is 1. The van der Waals surface area contributed by atoms with Crippen molar-refractivity contribution < 1.29 is 9.47 Å². The number of anilines is 1. The summed E-state index contributed by atoms with van der Waals surface area (Å²) in [5.74, 6) is 2.14. The third kappa shape index (κ3) is 6.46. The van der Waals surface area contributed by atoms with E-state index in [9.17, 15) is 0 Å². The fourth-order valence-electron chi connectivity index (χ4n) is 2.88. The number of rotatable bonds is 9. The van der Waals surface area contributed by atoms with E-state index in [-0.39, 0.29) is 0 Å². The summed E-state index contributed by atoms with van der Waals surface area (Å²) in [6.45, 7) is 3.31. The first-order chi connectivity index (χ1) is 13.6. The molecule has 2 aromatic rings. The Morgan fingerprint density at radius 3 is 2.46 bits per heavy atom. The molecular formula is C22H32N4O2. The van der Waals surface area contributed by atoms with Crippen molar-refractivity contribution in [2.45, 2.75) is 19.4 Å². The van der Waals surface area contributed by atoms with Gasteiger partial charge < -0.3 is 25.0 Å². The largest absolute Gasteiger partial charge is 0.493 e. The van der Waals surface area contributed by atoms with Crippen LogP contribution < -0.4 is 20.1 Å². The van der Waals surface area contributed by atoms with Crippen LogP contribution in [0.1, 0.15) is 12.5 Å². The van der Waals surface area contributed by atoms with E-state index in [0.29, 0.717) is 30.1 Å². The molecule has 1 unspecified atom stereocenters. The topological polar surface area (TPSA) is 58.1 Å². The third-order valence-electron chi connectivity index (χ3n) is 4.50. The lowest BCUT2D eigenvalue weighted by Crippen LogP contribution is -2.43. The van der Waals surface area contributed by atoms with Crippen LogP contribution in [0.15, 0.2) is 53.5 Å². The van der Waals surface area contributed by atoms with Crippen molar-refractivity contribution in [3.05, 3.63) is 54.1 Å². The molecule has 28 heavy (non-hydrogen) atoms. The van der Waals surface area contributed by atoms with Gasteiger partial charge in [-0.05, 0) is 45.1 Å². The number of guanidine groups is 1. The lowest BCUT2D eigenvalue weighted by Gasteiger charge is -2.26. The highest BCUT2D eigenvalue weighted by molar-refractivity contribution is 5.93. The first-order valence-electron chi connectivity index (χ1n) is 9.56. The van der Waals surface area contributed by atoms with Crippen LogP contribution in [0, 0.1) is 0 Å². The van der Waals surface area contributed by atoms with E-state index in [1.165, 1.54) is 5.56 Å². The SMILES string of the molecule is CCOc1cc(NC(=NC)NCC(Cc2ccccc2)N(C)C)ccc1OC. The van der Waals surface area contributed by atoms with Crippen molar-refractivity contribution in [2.75, 3.05) is 46.7 Å². The predicted octanol–water partition coefficient (Wildman–Crippen LogP) is 3.25. The zero-order valence-electron chi connectivity index (χ0n) is 17.5. The lowest BCUT2D eigenvalue weighted by molar-refractivity contribution is 0.291. The molecule has 0 amide bonds. The molecule has 0 radical (unpaired) electrons. The van der Waals surface area contributed by atoms with Crippen LogP contribution in [-0.4, -0.2) is 58.3 Å². The minimum Gasteiger partial charge on any atom is -0.493 e. The van der Waals surface area contributed by atoms with Gasteiger partial charge in [0.25, 0.3) is 0 Å². The maximum atomic E-state index is 5.65. The van der Waals surface area contributed by atoms with Gasteiger partial charge in [0.1, 0.15) is 0 Å². The van der Waals surface area contributed by atoms with Crippen LogP contribution in [0.25, 0.3) is 0 Å². The fraction of sp³-hybridized carbons (Fsp3) is 0.409. The average molecular weight is 385 g/mol. The first kappa shape index (κ1) is 21.6. The normalized spacial score (nSPS) is 12.6. The fourth-order valence-corrected chi connectivity index (χ4v) is 2.88. The van der Waals surface area contributed by atoms with Gasteiger partial charge >= 0.3 is 0 Å². The smallest absolute Gasteiger partial charge is 0.195 e. The molecule has 0 heterocycles. The summed E-state index contributed by atoms with van der Waals surface area (Å²) in [5.41, 5.74) is 2.21. The molecule has 0 aliphatic carbocycles. The summed E-state index contributed by atoms with van der Waals surface area (Å²) in [7, 11) is 7.61. The highest BCUT2D eigenvalue weighted by Crippen LogP contribution is 2.30. The lowest BCUT2D eigenvalue weighted by atomic mass is 10.1. The van der Waals surface area contributed by atoms with Crippen LogP contribution in [0.5, 0.6) is 11.5 Å². The number of hydrogen-bond acceptors (Lipinski definition) is 4. The van der Waals surface area contributed by atoms with Gasteiger partial charge in [-0.2, -0.15) is 0 Å². The minimum atomic E-state index is 0.343. The van der Waals surface area contributed by atoms with Gasteiger partial charge in [0.2, 0.25) is 0 Å². The van der Waals surface area contributed by atoms with Crippen LogP contribution in [-0.2, 0) is 6.42 Å². The van der Waals surface area contributed by atoms with Crippen LogP contribution >= 0.6 is 0 Å². The molecule has 0 aliphatic heterocycles. The van der Waals surface area contributed by atoms with Crippen LogP contribution in [0.3, 0.4) is 0 Å². The third-order valence-corrected chi connectivity index (χ3v) is 4.50. The van der Waals surface area contributed by atoms with Crippen LogP contribution in [0.2, 0.25) is 0 Å². The monoisotopic (exact) mass is 384 g/mol. The second kappa shape index (κ2) is 11.2. The summed E-state index contributed by atoms with van der Waals surface area (Å²) in [6, 6.07) is 16.6. The predicted molar refractivity (Wildman–Crippen MR) is 117 cm³/mol. The molecule has 2 rings (SSSR count). The zero-order valence-corrected chi connectivity index (χ0v) is 17.5. The molecule has 2 N–H and O–H groups in total. The number of hydrogen-bond donors (Lipinski definition) is 2. The Balaban J connectivity index is 2.00. The molecule has 0 fully saturated rings. The number of nitrogens with one attached hydrogen (secondary N) is 2. The summed E-state index contributed by atoms with van der Waals surface area (Å²) < 4.78 is 11.0. The highest BCUT2D eigenvalue weighted by atomic mass is 16.5. The van der Waals surface area contributed by atoms with E-state index in [0.717, 1.165) is 18.7 Å². The molecule has 0 aromatic heterocycles. The van der Waals surface area contributed by atoms with E-state index in [4.69, 9.17) is 9.47 Å². The van der Waals surface area contributed by atoms with Gasteiger partial charge in [-0.3, -0.25) is 4.99 Å². The summed E-state index contributed by atoms with van der Waals surface area (Å²) >= 11 is 0. The Morgan fingerprint density at radius 1 is 1.11 bits per heavy atom.